The first-order valence-electron chi connectivity index (χ1n) is 7.25. The van der Waals surface area contributed by atoms with Gasteiger partial charge < -0.3 is 5.32 Å². The highest BCUT2D eigenvalue weighted by atomic mass is 32.2. The van der Waals surface area contributed by atoms with Gasteiger partial charge in [0.1, 0.15) is 0 Å². The van der Waals surface area contributed by atoms with Crippen LogP contribution in [0, 0.1) is 0 Å². The van der Waals surface area contributed by atoms with E-state index in [0.29, 0.717) is 6.42 Å². The maximum atomic E-state index is 12.9. The molecule has 0 aromatic heterocycles. The van der Waals surface area contributed by atoms with Crippen molar-refractivity contribution in [2.24, 2.45) is 0 Å². The fourth-order valence-corrected chi connectivity index (χ4v) is 1.89. The second-order valence-electron chi connectivity index (χ2n) is 4.96. The number of nitrogens with one attached hydrogen (secondary N) is 1. The van der Waals surface area contributed by atoms with Crippen molar-refractivity contribution < 1.29 is 39.3 Å². The quantitative estimate of drug-likeness (QED) is 0.236. The lowest BCUT2D eigenvalue weighted by atomic mass is 10.0. The van der Waals surface area contributed by atoms with Crippen LogP contribution in [0.25, 0.3) is 0 Å². The molecule has 150 valence electrons. The monoisotopic (exact) mass is 399 g/mol. The third kappa shape index (κ3) is 7.78. The zero-order chi connectivity index (χ0) is 20.4. The number of rotatable bonds is 11. The summed E-state index contributed by atoms with van der Waals surface area (Å²) in [6, 6.07) is 0. The minimum Gasteiger partial charge on any atom is -0.310 e. The Balaban J connectivity index is 0. The number of hydrogen-bond acceptors (Lipinski definition) is 3. The van der Waals surface area contributed by atoms with Crippen molar-refractivity contribution in [3.8, 4) is 0 Å². The molecule has 0 unspecified atom stereocenters. The van der Waals surface area contributed by atoms with Gasteiger partial charge in [-0.05, 0) is 6.42 Å². The number of halogens is 6. The Kier molecular flexibility index (Phi) is 11.3. The molecule has 2 N–H and O–H groups in total. The van der Waals surface area contributed by atoms with E-state index in [0.717, 1.165) is 13.1 Å². The maximum Gasteiger partial charge on any atom is 0.437 e. The van der Waals surface area contributed by atoms with Crippen molar-refractivity contribution in [2.45, 2.75) is 49.7 Å². The summed E-state index contributed by atoms with van der Waals surface area (Å²) in [5, 5.41) is -3.19. The van der Waals surface area contributed by atoms with E-state index in [4.69, 9.17) is 4.55 Å². The van der Waals surface area contributed by atoms with Gasteiger partial charge in [-0.1, -0.05) is 31.9 Å². The predicted molar refractivity (Wildman–Crippen MR) is 83.8 cm³/mol. The average Bonchev–Trinajstić information content (AvgIpc) is 2.47. The molecule has 0 heterocycles. The standard InChI is InChI=1S/C8H12F6O3S.C6H11N/c1-2-3-4-5-6(9,10)7(11,12)8(13,14)18(15,16)17;1-3-5-7-6-4-2/h2-5H2,1H3,(H,15,16,17);3-4,7H,1-2,5-6H2. The Morgan fingerprint density at radius 1 is 1.00 bits per heavy atom. The minimum atomic E-state index is -6.64. The molecule has 0 amide bonds. The lowest BCUT2D eigenvalue weighted by Crippen LogP contribution is -2.57. The first kappa shape index (κ1) is 26.2. The highest BCUT2D eigenvalue weighted by Crippen LogP contribution is 2.50. The summed E-state index contributed by atoms with van der Waals surface area (Å²) in [5.74, 6) is -11.4. The van der Waals surface area contributed by atoms with Crippen LogP contribution < -0.4 is 5.32 Å². The maximum absolute atomic E-state index is 12.9. The molecule has 0 saturated carbocycles. The summed E-state index contributed by atoms with van der Waals surface area (Å²) in [4.78, 5) is 0. The molecule has 0 aromatic carbocycles. The van der Waals surface area contributed by atoms with Crippen molar-refractivity contribution in [2.75, 3.05) is 13.1 Å². The Labute approximate surface area is 143 Å². The highest BCUT2D eigenvalue weighted by Gasteiger charge is 2.76. The van der Waals surface area contributed by atoms with Crippen LogP contribution in [-0.4, -0.2) is 43.2 Å². The third-order valence-corrected chi connectivity index (χ3v) is 3.72. The van der Waals surface area contributed by atoms with Gasteiger partial charge in [0.2, 0.25) is 0 Å². The Bertz CT molecular complexity index is 501. The van der Waals surface area contributed by atoms with Crippen LogP contribution in [0.1, 0.15) is 32.6 Å². The SMILES string of the molecule is C=CCNCC=C.CCCCCC(F)(F)C(F)(F)C(F)(F)S(=O)(=O)O. The first-order valence-corrected chi connectivity index (χ1v) is 8.69. The van der Waals surface area contributed by atoms with E-state index in [1.807, 2.05) is 12.2 Å². The normalized spacial score (nSPS) is 13.0. The van der Waals surface area contributed by atoms with E-state index < -0.39 is 40.1 Å². The first-order chi connectivity index (χ1) is 11.2. The van der Waals surface area contributed by atoms with Gasteiger partial charge in [-0.2, -0.15) is 34.8 Å². The molecule has 0 aliphatic carbocycles. The Morgan fingerprint density at radius 2 is 1.44 bits per heavy atom. The molecule has 0 fully saturated rings. The van der Waals surface area contributed by atoms with Gasteiger partial charge in [-0.25, -0.2) is 0 Å². The molecule has 0 saturated heterocycles. The molecule has 4 nitrogen and oxygen atoms in total. The summed E-state index contributed by atoms with van der Waals surface area (Å²) in [7, 11) is -6.64. The Hall–Kier alpha value is -1.07. The van der Waals surface area contributed by atoms with E-state index in [1.165, 1.54) is 0 Å². The number of unbranched alkanes of at least 4 members (excludes halogenated alkanes) is 2. The van der Waals surface area contributed by atoms with Crippen LogP contribution in [0.4, 0.5) is 26.3 Å². The Morgan fingerprint density at radius 3 is 1.76 bits per heavy atom. The fraction of sp³-hybridized carbons (Fsp3) is 0.714. The summed E-state index contributed by atoms with van der Waals surface area (Å²) in [5.41, 5.74) is 0. The van der Waals surface area contributed by atoms with Crippen LogP contribution in [-0.2, 0) is 10.1 Å². The average molecular weight is 399 g/mol. The van der Waals surface area contributed by atoms with Crippen LogP contribution >= 0.6 is 0 Å². The zero-order valence-corrected chi connectivity index (χ0v) is 14.6. The van der Waals surface area contributed by atoms with Gasteiger partial charge in [0.15, 0.2) is 0 Å². The molecule has 11 heteroatoms. The van der Waals surface area contributed by atoms with Gasteiger partial charge in [-0.3, -0.25) is 4.55 Å². The van der Waals surface area contributed by atoms with E-state index in [2.05, 4.69) is 18.5 Å². The molecule has 0 atom stereocenters. The molecular formula is C14H23F6NO3S. The van der Waals surface area contributed by atoms with Crippen molar-refractivity contribution in [1.82, 2.24) is 5.32 Å². The molecule has 0 bridgehead atoms. The molecule has 0 rings (SSSR count). The largest absolute Gasteiger partial charge is 0.437 e. The summed E-state index contributed by atoms with van der Waals surface area (Å²) < 4.78 is 105. The molecule has 0 aromatic rings. The van der Waals surface area contributed by atoms with Crippen LogP contribution in [0.2, 0.25) is 0 Å². The van der Waals surface area contributed by atoms with Gasteiger partial charge in [-0.15, -0.1) is 13.2 Å². The second kappa shape index (κ2) is 10.8. The molecular weight excluding hydrogens is 376 g/mol. The van der Waals surface area contributed by atoms with Crippen LogP contribution in [0.15, 0.2) is 25.3 Å². The molecule has 0 spiro atoms. The second-order valence-corrected chi connectivity index (χ2v) is 6.43. The van der Waals surface area contributed by atoms with Gasteiger partial charge in [0, 0.05) is 19.5 Å². The van der Waals surface area contributed by atoms with E-state index >= 15 is 0 Å². The summed E-state index contributed by atoms with van der Waals surface area (Å²) in [6.45, 7) is 10.4. The van der Waals surface area contributed by atoms with Crippen molar-refractivity contribution >= 4 is 10.1 Å². The molecule has 0 aliphatic rings. The van der Waals surface area contributed by atoms with Crippen molar-refractivity contribution in [3.05, 3.63) is 25.3 Å². The van der Waals surface area contributed by atoms with Gasteiger partial charge >= 0.3 is 27.2 Å². The van der Waals surface area contributed by atoms with Crippen molar-refractivity contribution in [3.63, 3.8) is 0 Å². The van der Waals surface area contributed by atoms with E-state index in [-0.39, 0.29) is 6.42 Å². The van der Waals surface area contributed by atoms with Gasteiger partial charge in [0.25, 0.3) is 0 Å². The topological polar surface area (TPSA) is 66.4 Å². The molecule has 0 radical (unpaired) electrons. The smallest absolute Gasteiger partial charge is 0.310 e. The zero-order valence-electron chi connectivity index (χ0n) is 13.8. The van der Waals surface area contributed by atoms with Crippen molar-refractivity contribution in [1.29, 1.82) is 0 Å². The highest BCUT2D eigenvalue weighted by molar-refractivity contribution is 7.87. The summed E-state index contributed by atoms with van der Waals surface area (Å²) >= 11 is 0. The number of alkyl halides is 6. The lowest BCUT2D eigenvalue weighted by molar-refractivity contribution is -0.282. The predicted octanol–water partition coefficient (Wildman–Crippen LogP) is 4.27. The van der Waals surface area contributed by atoms with E-state index in [9.17, 15) is 34.8 Å². The van der Waals surface area contributed by atoms with Gasteiger partial charge in [0.05, 0.1) is 0 Å². The fourth-order valence-electron chi connectivity index (χ4n) is 1.42. The van der Waals surface area contributed by atoms with Crippen LogP contribution in [0.5, 0.6) is 0 Å². The minimum absolute atomic E-state index is 0.100. The molecule has 25 heavy (non-hydrogen) atoms. The number of hydrogen-bond donors (Lipinski definition) is 2. The molecule has 0 aliphatic heterocycles. The third-order valence-electron chi connectivity index (χ3n) is 2.82. The van der Waals surface area contributed by atoms with E-state index in [1.54, 1.807) is 6.92 Å². The lowest BCUT2D eigenvalue weighted by Gasteiger charge is -2.30. The summed E-state index contributed by atoms with van der Waals surface area (Å²) in [6.07, 6.45) is 2.06. The van der Waals surface area contributed by atoms with Crippen LogP contribution in [0.3, 0.4) is 0 Å².